The molecule has 0 saturated heterocycles. The first-order valence-corrected chi connectivity index (χ1v) is 4.17. The van der Waals surface area contributed by atoms with Crippen LogP contribution in [0.5, 0.6) is 0 Å². The second-order valence-corrected chi connectivity index (χ2v) is 3.07. The molecular formula is C9H9ClF2. The van der Waals surface area contributed by atoms with Crippen molar-refractivity contribution in [1.82, 2.24) is 0 Å². The zero-order valence-electron chi connectivity index (χ0n) is 6.65. The molecule has 0 aliphatic carbocycles. The molecule has 1 aromatic rings. The Kier molecular flexibility index (Phi) is 3.04. The molecule has 0 amide bonds. The van der Waals surface area contributed by atoms with E-state index in [9.17, 15) is 8.78 Å². The first kappa shape index (κ1) is 9.46. The Bertz CT molecular complexity index is 273. The lowest BCUT2D eigenvalue weighted by atomic mass is 10.1. The van der Waals surface area contributed by atoms with Crippen molar-refractivity contribution in [3.05, 3.63) is 35.4 Å². The van der Waals surface area contributed by atoms with Gasteiger partial charge in [-0.15, -0.1) is 11.6 Å². The van der Waals surface area contributed by atoms with Crippen LogP contribution >= 0.6 is 11.6 Å². The van der Waals surface area contributed by atoms with Gasteiger partial charge in [-0.3, -0.25) is 0 Å². The molecule has 0 aliphatic heterocycles. The molecule has 0 N–H and O–H groups in total. The first-order valence-electron chi connectivity index (χ1n) is 3.74. The Balaban J connectivity index is 3.01. The fourth-order valence-electron chi connectivity index (χ4n) is 0.975. The van der Waals surface area contributed by atoms with Crippen LogP contribution in [0.3, 0.4) is 0 Å². The predicted octanol–water partition coefficient (Wildman–Crippen LogP) is 3.65. The summed E-state index contributed by atoms with van der Waals surface area (Å²) in [6.07, 6.45) is 0.629. The number of hydrogen-bond donors (Lipinski definition) is 0. The van der Waals surface area contributed by atoms with Crippen LogP contribution in [0, 0.1) is 11.6 Å². The molecule has 0 aromatic heterocycles. The van der Waals surface area contributed by atoms with E-state index in [0.29, 0.717) is 12.0 Å². The van der Waals surface area contributed by atoms with Crippen LogP contribution in [0.25, 0.3) is 0 Å². The maximum atomic E-state index is 13.0. The third-order valence-corrected chi connectivity index (χ3v) is 2.20. The summed E-state index contributed by atoms with van der Waals surface area (Å²) in [6, 6.07) is 3.44. The van der Waals surface area contributed by atoms with Crippen LogP contribution in [0.15, 0.2) is 18.2 Å². The van der Waals surface area contributed by atoms with Crippen LogP contribution in [0.2, 0.25) is 0 Å². The molecule has 0 heterocycles. The van der Waals surface area contributed by atoms with Gasteiger partial charge in [-0.1, -0.05) is 13.0 Å². The lowest BCUT2D eigenvalue weighted by Crippen LogP contribution is -1.93. The quantitative estimate of drug-likeness (QED) is 0.625. The third-order valence-electron chi connectivity index (χ3n) is 1.66. The fourth-order valence-corrected chi connectivity index (χ4v) is 1.15. The van der Waals surface area contributed by atoms with Gasteiger partial charge in [0, 0.05) is 11.6 Å². The van der Waals surface area contributed by atoms with Gasteiger partial charge in [0.15, 0.2) is 0 Å². The van der Waals surface area contributed by atoms with E-state index in [0.717, 1.165) is 6.07 Å². The molecular weight excluding hydrogens is 182 g/mol. The normalized spacial score (nSPS) is 13.0. The van der Waals surface area contributed by atoms with Crippen LogP contribution in [0.1, 0.15) is 24.3 Å². The minimum atomic E-state index is -0.573. The molecule has 0 fully saturated rings. The summed E-state index contributed by atoms with van der Waals surface area (Å²) < 4.78 is 25.4. The smallest absolute Gasteiger partial charge is 0.130 e. The molecule has 3 heteroatoms. The third kappa shape index (κ3) is 1.95. The van der Waals surface area contributed by atoms with Crippen LogP contribution in [-0.4, -0.2) is 0 Å². The van der Waals surface area contributed by atoms with Crippen molar-refractivity contribution in [2.24, 2.45) is 0 Å². The molecule has 0 radical (unpaired) electrons. The average Bonchev–Trinajstić information content (AvgIpc) is 2.03. The van der Waals surface area contributed by atoms with Gasteiger partial charge in [0.2, 0.25) is 0 Å². The van der Waals surface area contributed by atoms with Gasteiger partial charge in [-0.25, -0.2) is 8.78 Å². The highest BCUT2D eigenvalue weighted by atomic mass is 35.5. The Hall–Kier alpha value is -0.630. The van der Waals surface area contributed by atoms with Gasteiger partial charge in [0.05, 0.1) is 5.38 Å². The summed E-state index contributed by atoms with van der Waals surface area (Å²) in [5.74, 6) is -1.15. The Morgan fingerprint density at radius 2 is 2.08 bits per heavy atom. The van der Waals surface area contributed by atoms with Crippen molar-refractivity contribution in [3.8, 4) is 0 Å². The van der Waals surface area contributed by atoms with E-state index in [1.54, 1.807) is 0 Å². The topological polar surface area (TPSA) is 0 Å². The van der Waals surface area contributed by atoms with Gasteiger partial charge in [-0.05, 0) is 12.5 Å². The Morgan fingerprint density at radius 3 is 2.58 bits per heavy atom. The molecule has 66 valence electrons. The first-order chi connectivity index (χ1) is 5.65. The second kappa shape index (κ2) is 3.85. The van der Waals surface area contributed by atoms with Gasteiger partial charge >= 0.3 is 0 Å². The molecule has 0 nitrogen and oxygen atoms in total. The van der Waals surface area contributed by atoms with Crippen molar-refractivity contribution in [3.63, 3.8) is 0 Å². The number of alkyl halides is 1. The monoisotopic (exact) mass is 190 g/mol. The minimum absolute atomic E-state index is 0.362. The fraction of sp³-hybridized carbons (Fsp3) is 0.333. The summed E-state index contributed by atoms with van der Waals surface area (Å²) in [7, 11) is 0. The van der Waals surface area contributed by atoms with E-state index >= 15 is 0 Å². The number of halogens is 3. The van der Waals surface area contributed by atoms with Gasteiger partial charge in [0.1, 0.15) is 11.6 Å². The average molecular weight is 191 g/mol. The standard InChI is InChI=1S/C9H9ClF2/c1-2-8(10)7-4-3-6(11)5-9(7)12/h3-5,8H,2H2,1H3. The van der Waals surface area contributed by atoms with E-state index in [1.807, 2.05) is 6.92 Å². The van der Waals surface area contributed by atoms with E-state index in [1.165, 1.54) is 12.1 Å². The summed E-state index contributed by atoms with van der Waals surface area (Å²) in [5.41, 5.74) is 0.362. The number of benzene rings is 1. The molecule has 0 spiro atoms. The van der Waals surface area contributed by atoms with Gasteiger partial charge in [0.25, 0.3) is 0 Å². The molecule has 0 saturated carbocycles. The van der Waals surface area contributed by atoms with Crippen LogP contribution in [-0.2, 0) is 0 Å². The minimum Gasteiger partial charge on any atom is -0.207 e. The second-order valence-electron chi connectivity index (χ2n) is 2.54. The molecule has 0 bridgehead atoms. The highest BCUT2D eigenvalue weighted by Gasteiger charge is 2.10. The molecule has 1 unspecified atom stereocenters. The van der Waals surface area contributed by atoms with E-state index in [2.05, 4.69) is 0 Å². The molecule has 0 aliphatic rings. The highest BCUT2D eigenvalue weighted by Crippen LogP contribution is 2.26. The number of rotatable bonds is 2. The van der Waals surface area contributed by atoms with E-state index in [4.69, 9.17) is 11.6 Å². The predicted molar refractivity (Wildman–Crippen MR) is 45.2 cm³/mol. The van der Waals surface area contributed by atoms with E-state index in [-0.39, 0.29) is 5.38 Å². The maximum absolute atomic E-state index is 13.0. The van der Waals surface area contributed by atoms with Gasteiger partial charge < -0.3 is 0 Å². The summed E-state index contributed by atoms with van der Waals surface area (Å²) in [4.78, 5) is 0. The molecule has 1 aromatic carbocycles. The summed E-state index contributed by atoms with van der Waals surface area (Å²) in [6.45, 7) is 1.85. The summed E-state index contributed by atoms with van der Waals surface area (Å²) >= 11 is 5.79. The highest BCUT2D eigenvalue weighted by molar-refractivity contribution is 6.20. The number of hydrogen-bond acceptors (Lipinski definition) is 0. The maximum Gasteiger partial charge on any atom is 0.130 e. The lowest BCUT2D eigenvalue weighted by molar-refractivity contribution is 0.569. The van der Waals surface area contributed by atoms with Crippen molar-refractivity contribution in [1.29, 1.82) is 0 Å². The van der Waals surface area contributed by atoms with Crippen LogP contribution < -0.4 is 0 Å². The lowest BCUT2D eigenvalue weighted by Gasteiger charge is -2.07. The summed E-state index contributed by atoms with van der Waals surface area (Å²) in [5, 5.41) is -0.370. The van der Waals surface area contributed by atoms with Crippen molar-refractivity contribution in [2.75, 3.05) is 0 Å². The Labute approximate surface area is 75.2 Å². The van der Waals surface area contributed by atoms with E-state index < -0.39 is 11.6 Å². The van der Waals surface area contributed by atoms with Crippen LogP contribution in [0.4, 0.5) is 8.78 Å². The SMILES string of the molecule is CCC(Cl)c1ccc(F)cc1F. The van der Waals surface area contributed by atoms with Crippen molar-refractivity contribution < 1.29 is 8.78 Å². The Morgan fingerprint density at radius 1 is 1.42 bits per heavy atom. The zero-order chi connectivity index (χ0) is 9.14. The van der Waals surface area contributed by atoms with Crippen molar-refractivity contribution in [2.45, 2.75) is 18.7 Å². The van der Waals surface area contributed by atoms with Crippen molar-refractivity contribution >= 4 is 11.6 Å². The zero-order valence-corrected chi connectivity index (χ0v) is 7.41. The van der Waals surface area contributed by atoms with Gasteiger partial charge in [-0.2, -0.15) is 0 Å². The largest absolute Gasteiger partial charge is 0.207 e. The molecule has 12 heavy (non-hydrogen) atoms. The molecule has 1 rings (SSSR count). The molecule has 1 atom stereocenters.